The summed E-state index contributed by atoms with van der Waals surface area (Å²) in [5, 5.41) is 6.58. The molecule has 2 unspecified atom stereocenters. The molecule has 0 aliphatic carbocycles. The summed E-state index contributed by atoms with van der Waals surface area (Å²) in [5.74, 6) is -0.217. The van der Waals surface area contributed by atoms with E-state index in [4.69, 9.17) is 23.2 Å². The molecule has 0 aliphatic rings. The van der Waals surface area contributed by atoms with Crippen molar-refractivity contribution in [2.75, 3.05) is 24.7 Å². The maximum Gasteiger partial charge on any atom is 0.238 e. The Bertz CT molecular complexity index is 477. The minimum absolute atomic E-state index is 0.114. The van der Waals surface area contributed by atoms with Gasteiger partial charge in [-0.25, -0.2) is 0 Å². The van der Waals surface area contributed by atoms with E-state index in [9.17, 15) is 9.00 Å². The minimum Gasteiger partial charge on any atom is -0.322 e. The number of carbonyl (C=O) groups is 1. The topological polar surface area (TPSA) is 58.2 Å². The average molecular weight is 337 g/mol. The Hall–Kier alpha value is -0.620. The first-order valence-electron chi connectivity index (χ1n) is 6.18. The van der Waals surface area contributed by atoms with Crippen molar-refractivity contribution >= 4 is 45.6 Å². The lowest BCUT2D eigenvalue weighted by Gasteiger charge is -2.11. The fourth-order valence-electron chi connectivity index (χ4n) is 1.47. The molecular weight excluding hydrogens is 319 g/mol. The van der Waals surface area contributed by atoms with Gasteiger partial charge in [0, 0.05) is 22.3 Å². The standard InChI is InChI=1S/C13H18Cl2N2O2S/c1-9(20(2)19)6-7-16-8-12(18)17-13-10(14)4-3-5-11(13)15/h3-5,9,16H,6-8H2,1-2H3,(H,17,18). The summed E-state index contributed by atoms with van der Waals surface area (Å²) in [4.78, 5) is 11.7. The number of nitrogens with one attached hydrogen (secondary N) is 2. The Balaban J connectivity index is 2.36. The number of anilines is 1. The molecule has 112 valence electrons. The molecule has 0 aromatic heterocycles. The summed E-state index contributed by atoms with van der Waals surface area (Å²) in [6.07, 6.45) is 2.43. The molecule has 1 rings (SSSR count). The van der Waals surface area contributed by atoms with Crippen molar-refractivity contribution in [2.45, 2.75) is 18.6 Å². The molecule has 1 aromatic rings. The largest absolute Gasteiger partial charge is 0.322 e. The molecule has 0 saturated carbocycles. The van der Waals surface area contributed by atoms with Crippen LogP contribution in [0.1, 0.15) is 13.3 Å². The van der Waals surface area contributed by atoms with E-state index < -0.39 is 10.8 Å². The molecule has 2 atom stereocenters. The fourth-order valence-corrected chi connectivity index (χ4v) is 2.42. The second-order valence-electron chi connectivity index (χ2n) is 4.42. The molecule has 0 radical (unpaired) electrons. The van der Waals surface area contributed by atoms with E-state index >= 15 is 0 Å². The van der Waals surface area contributed by atoms with Crippen LogP contribution in [0.3, 0.4) is 0 Å². The minimum atomic E-state index is -0.838. The first kappa shape index (κ1) is 17.4. The Kier molecular flexibility index (Phi) is 7.51. The third-order valence-electron chi connectivity index (χ3n) is 2.81. The lowest BCUT2D eigenvalue weighted by molar-refractivity contribution is -0.115. The molecule has 0 fully saturated rings. The van der Waals surface area contributed by atoms with Gasteiger partial charge in [0.05, 0.1) is 22.3 Å². The van der Waals surface area contributed by atoms with Crippen LogP contribution in [0, 0.1) is 0 Å². The second kappa shape index (κ2) is 8.62. The van der Waals surface area contributed by atoms with Crippen molar-refractivity contribution in [3.8, 4) is 0 Å². The van der Waals surface area contributed by atoms with Crippen molar-refractivity contribution in [2.24, 2.45) is 0 Å². The zero-order chi connectivity index (χ0) is 15.1. The van der Waals surface area contributed by atoms with Gasteiger partial charge >= 0.3 is 0 Å². The van der Waals surface area contributed by atoms with E-state index in [0.29, 0.717) is 22.3 Å². The Morgan fingerprint density at radius 3 is 2.50 bits per heavy atom. The van der Waals surface area contributed by atoms with Crippen molar-refractivity contribution in [3.05, 3.63) is 28.2 Å². The molecule has 20 heavy (non-hydrogen) atoms. The highest BCUT2D eigenvalue weighted by Crippen LogP contribution is 2.29. The van der Waals surface area contributed by atoms with E-state index in [-0.39, 0.29) is 17.7 Å². The maximum atomic E-state index is 11.7. The zero-order valence-electron chi connectivity index (χ0n) is 11.4. The van der Waals surface area contributed by atoms with E-state index in [1.54, 1.807) is 24.5 Å². The van der Waals surface area contributed by atoms with Crippen LogP contribution in [0.15, 0.2) is 18.2 Å². The van der Waals surface area contributed by atoms with Gasteiger partial charge < -0.3 is 10.6 Å². The molecule has 0 aliphatic heterocycles. The van der Waals surface area contributed by atoms with Crippen LogP contribution in [-0.2, 0) is 15.6 Å². The van der Waals surface area contributed by atoms with Crippen LogP contribution in [0.25, 0.3) is 0 Å². The zero-order valence-corrected chi connectivity index (χ0v) is 13.7. The number of halogens is 2. The number of benzene rings is 1. The second-order valence-corrected chi connectivity index (χ2v) is 7.04. The molecule has 0 saturated heterocycles. The number of para-hydroxylation sites is 1. The first-order valence-corrected chi connectivity index (χ1v) is 8.56. The highest BCUT2D eigenvalue weighted by molar-refractivity contribution is 7.84. The van der Waals surface area contributed by atoms with Gasteiger partial charge in [0.15, 0.2) is 0 Å². The molecular formula is C13H18Cl2N2O2S. The molecule has 2 N–H and O–H groups in total. The molecule has 0 bridgehead atoms. The summed E-state index contributed by atoms with van der Waals surface area (Å²) in [5.41, 5.74) is 0.422. The van der Waals surface area contributed by atoms with Gasteiger partial charge in [-0.1, -0.05) is 36.2 Å². The third kappa shape index (κ3) is 5.79. The molecule has 7 heteroatoms. The molecule has 4 nitrogen and oxygen atoms in total. The number of carbonyl (C=O) groups excluding carboxylic acids is 1. The highest BCUT2D eigenvalue weighted by atomic mass is 35.5. The van der Waals surface area contributed by atoms with Gasteiger partial charge in [0.25, 0.3) is 0 Å². The van der Waals surface area contributed by atoms with Crippen LogP contribution in [0.4, 0.5) is 5.69 Å². The van der Waals surface area contributed by atoms with E-state index in [1.165, 1.54) is 0 Å². The molecule has 1 aromatic carbocycles. The third-order valence-corrected chi connectivity index (χ3v) is 4.81. The van der Waals surface area contributed by atoms with Crippen LogP contribution in [0.2, 0.25) is 10.0 Å². The maximum absolute atomic E-state index is 11.7. The van der Waals surface area contributed by atoms with Crippen LogP contribution >= 0.6 is 23.2 Å². The lowest BCUT2D eigenvalue weighted by atomic mass is 10.3. The monoisotopic (exact) mass is 336 g/mol. The number of amides is 1. The van der Waals surface area contributed by atoms with Gasteiger partial charge in [-0.15, -0.1) is 0 Å². The quantitative estimate of drug-likeness (QED) is 0.752. The van der Waals surface area contributed by atoms with E-state index in [2.05, 4.69) is 10.6 Å². The summed E-state index contributed by atoms with van der Waals surface area (Å²) in [7, 11) is -0.838. The van der Waals surface area contributed by atoms with Crippen LogP contribution < -0.4 is 10.6 Å². The van der Waals surface area contributed by atoms with Gasteiger partial charge in [-0.05, 0) is 25.1 Å². The van der Waals surface area contributed by atoms with Crippen LogP contribution in [-0.4, -0.2) is 34.7 Å². The summed E-state index contributed by atoms with van der Waals surface area (Å²) >= 11 is 11.9. The van der Waals surface area contributed by atoms with Gasteiger partial charge in [-0.3, -0.25) is 9.00 Å². The molecule has 0 spiro atoms. The summed E-state index contributed by atoms with van der Waals surface area (Å²) in [6, 6.07) is 5.04. The normalized spacial score (nSPS) is 13.8. The number of hydrogen-bond donors (Lipinski definition) is 2. The Morgan fingerprint density at radius 1 is 1.35 bits per heavy atom. The molecule has 0 heterocycles. The van der Waals surface area contributed by atoms with E-state index in [0.717, 1.165) is 6.42 Å². The highest BCUT2D eigenvalue weighted by Gasteiger charge is 2.10. The predicted octanol–water partition coefficient (Wildman–Crippen LogP) is 2.68. The fraction of sp³-hybridized carbons (Fsp3) is 0.462. The van der Waals surface area contributed by atoms with Gasteiger partial charge in [0.1, 0.15) is 0 Å². The van der Waals surface area contributed by atoms with Crippen molar-refractivity contribution < 1.29 is 9.00 Å². The lowest BCUT2D eigenvalue weighted by Crippen LogP contribution is -2.30. The summed E-state index contributed by atoms with van der Waals surface area (Å²) < 4.78 is 11.2. The molecule has 1 amide bonds. The first-order chi connectivity index (χ1) is 9.41. The van der Waals surface area contributed by atoms with Crippen molar-refractivity contribution in [1.82, 2.24) is 5.32 Å². The Labute approximate surface area is 131 Å². The number of hydrogen-bond acceptors (Lipinski definition) is 3. The summed E-state index contributed by atoms with van der Waals surface area (Å²) in [6.45, 7) is 2.70. The van der Waals surface area contributed by atoms with Gasteiger partial charge in [0.2, 0.25) is 5.91 Å². The van der Waals surface area contributed by atoms with E-state index in [1.807, 2.05) is 6.92 Å². The van der Waals surface area contributed by atoms with Crippen LogP contribution in [0.5, 0.6) is 0 Å². The predicted molar refractivity (Wildman–Crippen MR) is 86.1 cm³/mol. The smallest absolute Gasteiger partial charge is 0.238 e. The average Bonchev–Trinajstić information content (AvgIpc) is 2.38. The van der Waals surface area contributed by atoms with Crippen molar-refractivity contribution in [3.63, 3.8) is 0 Å². The van der Waals surface area contributed by atoms with Gasteiger partial charge in [-0.2, -0.15) is 0 Å². The Morgan fingerprint density at radius 2 is 1.95 bits per heavy atom. The SMILES string of the molecule is CC(CCNCC(=O)Nc1c(Cl)cccc1Cl)S(C)=O. The van der Waals surface area contributed by atoms with Crippen molar-refractivity contribution in [1.29, 1.82) is 0 Å². The number of rotatable bonds is 7.